The van der Waals surface area contributed by atoms with E-state index < -0.39 is 0 Å². The Morgan fingerprint density at radius 2 is 1.97 bits per heavy atom. The monoisotopic (exact) mass is 468 g/mol. The molecule has 0 aliphatic carbocycles. The van der Waals surface area contributed by atoms with E-state index in [0.717, 1.165) is 43.6 Å². The number of rotatable bonds is 4. The van der Waals surface area contributed by atoms with Crippen LogP contribution in [-0.4, -0.2) is 55.6 Å². The van der Waals surface area contributed by atoms with Crippen molar-refractivity contribution >= 4 is 33.6 Å². The fourth-order valence-electron chi connectivity index (χ4n) is 3.67. The highest BCUT2D eigenvalue weighted by Gasteiger charge is 2.20. The van der Waals surface area contributed by atoms with Gasteiger partial charge in [-0.2, -0.15) is 19.5 Å². The molecule has 0 amide bonds. The summed E-state index contributed by atoms with van der Waals surface area (Å²) in [5.74, 6) is 2.27. The van der Waals surface area contributed by atoms with E-state index in [0.29, 0.717) is 23.3 Å². The number of nitrogen functional groups attached to an aromatic ring is 1. The number of halogens is 1. The maximum absolute atomic E-state index is 6.15. The summed E-state index contributed by atoms with van der Waals surface area (Å²) in [6, 6.07) is 12.0. The molecule has 3 aromatic heterocycles. The molecule has 0 unspecified atom stereocenters. The van der Waals surface area contributed by atoms with Crippen LogP contribution in [0, 0.1) is 0 Å². The highest BCUT2D eigenvalue weighted by atomic mass is 79.9. The number of benzene rings is 1. The van der Waals surface area contributed by atoms with Crippen LogP contribution in [0.1, 0.15) is 12.0 Å². The summed E-state index contributed by atoms with van der Waals surface area (Å²) in [5, 5.41) is 4.36. The van der Waals surface area contributed by atoms with Gasteiger partial charge in [0.1, 0.15) is 0 Å². The van der Waals surface area contributed by atoms with Gasteiger partial charge in [0.25, 0.3) is 5.78 Å². The van der Waals surface area contributed by atoms with Crippen molar-refractivity contribution in [2.24, 2.45) is 0 Å². The van der Waals surface area contributed by atoms with Crippen LogP contribution in [0.25, 0.3) is 17.4 Å². The van der Waals surface area contributed by atoms with Gasteiger partial charge in [-0.15, -0.1) is 5.10 Å². The third kappa shape index (κ3) is 3.88. The van der Waals surface area contributed by atoms with Gasteiger partial charge in [-0.25, -0.2) is 0 Å². The van der Waals surface area contributed by atoms with E-state index >= 15 is 0 Å². The summed E-state index contributed by atoms with van der Waals surface area (Å²) < 4.78 is 7.92. The molecule has 1 fully saturated rings. The van der Waals surface area contributed by atoms with Crippen molar-refractivity contribution in [1.82, 2.24) is 29.5 Å². The Kier molecular flexibility index (Phi) is 5.09. The number of nitrogens with two attached hydrogens (primary N) is 1. The van der Waals surface area contributed by atoms with E-state index in [1.165, 1.54) is 10.1 Å². The molecule has 10 heteroatoms. The molecule has 0 spiro atoms. The van der Waals surface area contributed by atoms with Gasteiger partial charge in [-0.3, -0.25) is 4.90 Å². The van der Waals surface area contributed by atoms with Gasteiger partial charge in [0.15, 0.2) is 5.76 Å². The molecular weight excluding hydrogens is 448 g/mol. The van der Waals surface area contributed by atoms with Gasteiger partial charge >= 0.3 is 0 Å². The number of anilines is 2. The number of nitrogens with zero attached hydrogens (tertiary/aromatic N) is 7. The Hall–Kier alpha value is -2.98. The first-order valence-corrected chi connectivity index (χ1v) is 10.6. The summed E-state index contributed by atoms with van der Waals surface area (Å²) >= 11 is 3.55. The number of hydrogen-bond donors (Lipinski definition) is 1. The minimum atomic E-state index is 0.260. The molecule has 5 rings (SSSR count). The quantitative estimate of drug-likeness (QED) is 0.487. The SMILES string of the molecule is Nc1nc(N2CCCN(Cc3cccc(Br)c3)CC2)nc2nc(-c3ccco3)nn12. The maximum atomic E-state index is 6.15. The minimum Gasteiger partial charge on any atom is -0.461 e. The number of furan rings is 1. The van der Waals surface area contributed by atoms with Crippen LogP contribution in [0.2, 0.25) is 0 Å². The number of aromatic nitrogens is 5. The Morgan fingerprint density at radius 1 is 1.03 bits per heavy atom. The highest BCUT2D eigenvalue weighted by Crippen LogP contribution is 2.20. The second-order valence-electron chi connectivity index (χ2n) is 7.25. The molecule has 0 saturated carbocycles. The zero-order valence-corrected chi connectivity index (χ0v) is 17.9. The van der Waals surface area contributed by atoms with Crippen molar-refractivity contribution in [3.8, 4) is 11.6 Å². The van der Waals surface area contributed by atoms with Gasteiger partial charge in [0.05, 0.1) is 6.26 Å². The zero-order chi connectivity index (χ0) is 20.5. The molecule has 1 aromatic carbocycles. The van der Waals surface area contributed by atoms with Crippen molar-refractivity contribution in [3.63, 3.8) is 0 Å². The predicted molar refractivity (Wildman–Crippen MR) is 117 cm³/mol. The third-order valence-corrected chi connectivity index (χ3v) is 5.62. The van der Waals surface area contributed by atoms with E-state index in [9.17, 15) is 0 Å². The van der Waals surface area contributed by atoms with Crippen LogP contribution in [0.3, 0.4) is 0 Å². The zero-order valence-electron chi connectivity index (χ0n) is 16.3. The molecule has 4 aromatic rings. The van der Waals surface area contributed by atoms with E-state index in [4.69, 9.17) is 10.2 Å². The topological polar surface area (TPSA) is 102 Å². The molecular formula is C20H21BrN8O. The lowest BCUT2D eigenvalue weighted by Crippen LogP contribution is -2.32. The Balaban J connectivity index is 1.34. The second kappa shape index (κ2) is 8.04. The summed E-state index contributed by atoms with van der Waals surface area (Å²) in [5.41, 5.74) is 7.45. The molecule has 4 heterocycles. The van der Waals surface area contributed by atoms with E-state index in [1.807, 2.05) is 6.07 Å². The molecule has 154 valence electrons. The normalized spacial score (nSPS) is 15.6. The van der Waals surface area contributed by atoms with E-state index in [1.54, 1.807) is 18.4 Å². The van der Waals surface area contributed by atoms with Crippen molar-refractivity contribution in [2.75, 3.05) is 36.8 Å². The van der Waals surface area contributed by atoms with Crippen LogP contribution in [0.4, 0.5) is 11.9 Å². The van der Waals surface area contributed by atoms with Crippen molar-refractivity contribution < 1.29 is 4.42 Å². The van der Waals surface area contributed by atoms with Crippen LogP contribution in [-0.2, 0) is 6.54 Å². The molecule has 1 saturated heterocycles. The second-order valence-corrected chi connectivity index (χ2v) is 8.17. The largest absolute Gasteiger partial charge is 0.461 e. The molecule has 9 nitrogen and oxygen atoms in total. The van der Waals surface area contributed by atoms with Crippen molar-refractivity contribution in [1.29, 1.82) is 0 Å². The average Bonchev–Trinajstić information content (AvgIpc) is 3.35. The summed E-state index contributed by atoms with van der Waals surface area (Å²) in [6.07, 6.45) is 2.60. The molecule has 0 radical (unpaired) electrons. The maximum Gasteiger partial charge on any atom is 0.259 e. The van der Waals surface area contributed by atoms with Gasteiger partial charge in [0.2, 0.25) is 17.7 Å². The van der Waals surface area contributed by atoms with Gasteiger partial charge in [-0.1, -0.05) is 28.1 Å². The molecule has 2 N–H and O–H groups in total. The molecule has 30 heavy (non-hydrogen) atoms. The first-order chi connectivity index (χ1) is 14.7. The fraction of sp³-hybridized carbons (Fsp3) is 0.300. The first kappa shape index (κ1) is 19.0. The average molecular weight is 469 g/mol. The standard InChI is InChI=1S/C20H21BrN8O/c21-15-5-1-4-14(12-15)13-27-7-3-8-28(10-9-27)19-24-18(22)29-20(25-19)23-17(26-29)16-6-2-11-30-16/h1-2,4-6,11-12H,3,7-10,13H2,(H2,22,23,24,25,26). The highest BCUT2D eigenvalue weighted by molar-refractivity contribution is 9.10. The van der Waals surface area contributed by atoms with Gasteiger partial charge in [-0.05, 0) is 36.2 Å². The van der Waals surface area contributed by atoms with Crippen molar-refractivity contribution in [3.05, 3.63) is 52.7 Å². The lowest BCUT2D eigenvalue weighted by Gasteiger charge is -2.22. The van der Waals surface area contributed by atoms with Gasteiger partial charge < -0.3 is 15.1 Å². The lowest BCUT2D eigenvalue weighted by atomic mass is 10.2. The summed E-state index contributed by atoms with van der Waals surface area (Å²) in [4.78, 5) is 18.2. The first-order valence-electron chi connectivity index (χ1n) is 9.81. The van der Waals surface area contributed by atoms with E-state index in [-0.39, 0.29) is 5.95 Å². The summed E-state index contributed by atoms with van der Waals surface area (Å²) in [7, 11) is 0. The minimum absolute atomic E-state index is 0.260. The van der Waals surface area contributed by atoms with Crippen LogP contribution < -0.4 is 10.6 Å². The van der Waals surface area contributed by atoms with Crippen LogP contribution in [0.15, 0.2) is 51.6 Å². The molecule has 1 aliphatic heterocycles. The van der Waals surface area contributed by atoms with Crippen LogP contribution >= 0.6 is 15.9 Å². The molecule has 0 bridgehead atoms. The molecule has 1 aliphatic rings. The third-order valence-electron chi connectivity index (χ3n) is 5.13. The fourth-order valence-corrected chi connectivity index (χ4v) is 4.11. The van der Waals surface area contributed by atoms with Gasteiger partial charge in [0, 0.05) is 37.2 Å². The van der Waals surface area contributed by atoms with Crippen molar-refractivity contribution in [2.45, 2.75) is 13.0 Å². The summed E-state index contributed by atoms with van der Waals surface area (Å²) in [6.45, 7) is 4.55. The molecule has 0 atom stereocenters. The lowest BCUT2D eigenvalue weighted by molar-refractivity contribution is 0.285. The van der Waals surface area contributed by atoms with E-state index in [2.05, 4.69) is 64.0 Å². The Labute approximate surface area is 181 Å². The smallest absolute Gasteiger partial charge is 0.259 e. The number of hydrogen-bond acceptors (Lipinski definition) is 8. The number of fused-ring (bicyclic) bond motifs is 1. The van der Waals surface area contributed by atoms with Crippen LogP contribution in [0.5, 0.6) is 0 Å². The Morgan fingerprint density at radius 3 is 2.80 bits per heavy atom. The predicted octanol–water partition coefficient (Wildman–Crippen LogP) is 2.84. The Bertz CT molecular complexity index is 1160.